The fraction of sp³-hybridized carbons (Fsp3) is 0.611. The first-order valence-electron chi connectivity index (χ1n) is 9.50. The van der Waals surface area contributed by atoms with Gasteiger partial charge in [-0.3, -0.25) is 5.84 Å². The van der Waals surface area contributed by atoms with Crippen molar-refractivity contribution in [2.45, 2.75) is 39.0 Å². The molecule has 2 aliphatic rings. The van der Waals surface area contributed by atoms with Crippen molar-refractivity contribution in [3.63, 3.8) is 0 Å². The van der Waals surface area contributed by atoms with Crippen molar-refractivity contribution in [2.24, 2.45) is 11.0 Å². The largest absolute Gasteiger partial charge is 0.494 e. The maximum Gasteiger partial charge on any atom is 0.294 e. The van der Waals surface area contributed by atoms with Crippen molar-refractivity contribution in [1.82, 2.24) is 8.72 Å². The van der Waals surface area contributed by atoms with Crippen LogP contribution in [0.1, 0.15) is 43.7 Å². The number of ether oxygens (including phenoxy) is 1. The molecule has 0 spiro atoms. The lowest BCUT2D eigenvalue weighted by Gasteiger charge is -2.15. The van der Waals surface area contributed by atoms with E-state index in [0.29, 0.717) is 32.8 Å². The van der Waals surface area contributed by atoms with Gasteiger partial charge in [0.1, 0.15) is 12.4 Å². The van der Waals surface area contributed by atoms with Gasteiger partial charge in [0.05, 0.1) is 12.3 Å². The van der Waals surface area contributed by atoms with Crippen molar-refractivity contribution in [2.75, 3.05) is 32.8 Å². The Bertz CT molecular complexity index is 782. The molecular formula is C18H28N4O4S. The minimum atomic E-state index is -3.42. The lowest BCUT2D eigenvalue weighted by Crippen LogP contribution is -2.37. The van der Waals surface area contributed by atoms with Gasteiger partial charge in [-0.2, -0.15) is 12.7 Å². The van der Waals surface area contributed by atoms with E-state index < -0.39 is 10.2 Å². The molecule has 1 aliphatic heterocycles. The molecule has 1 heterocycles. The Morgan fingerprint density at radius 3 is 2.78 bits per heavy atom. The predicted molar refractivity (Wildman–Crippen MR) is 104 cm³/mol. The van der Waals surface area contributed by atoms with E-state index in [-0.39, 0.29) is 0 Å². The third-order valence-corrected chi connectivity index (χ3v) is 6.63. The normalized spacial score (nSPS) is 20.9. The highest BCUT2D eigenvalue weighted by Crippen LogP contribution is 2.27. The van der Waals surface area contributed by atoms with Gasteiger partial charge in [-0.25, -0.2) is 0 Å². The average molecular weight is 397 g/mol. The Labute approximate surface area is 161 Å². The second kappa shape index (κ2) is 9.01. The molecule has 0 atom stereocenters. The van der Waals surface area contributed by atoms with E-state index in [1.54, 1.807) is 0 Å². The third kappa shape index (κ3) is 4.78. The van der Waals surface area contributed by atoms with Crippen LogP contribution < -0.4 is 10.6 Å². The molecule has 0 saturated carbocycles. The zero-order chi connectivity index (χ0) is 19.3. The van der Waals surface area contributed by atoms with Gasteiger partial charge in [0.25, 0.3) is 10.2 Å². The highest BCUT2D eigenvalue weighted by molar-refractivity contribution is 7.86. The van der Waals surface area contributed by atoms with Crippen LogP contribution >= 0.6 is 0 Å². The Balaban J connectivity index is 1.38. The molecule has 0 radical (unpaired) electrons. The van der Waals surface area contributed by atoms with Gasteiger partial charge < -0.3 is 9.57 Å². The number of hydrogen-bond donors (Lipinski definition) is 1. The monoisotopic (exact) mass is 396 g/mol. The number of nitrogens with two attached hydrogens (primary N) is 1. The molecule has 3 rings (SSSR count). The summed E-state index contributed by atoms with van der Waals surface area (Å²) in [6.45, 7) is 4.47. The molecular weight excluding hydrogens is 368 g/mol. The number of unbranched alkanes of at least 4 members (excludes halogenated alkanes) is 2. The molecule has 1 aliphatic carbocycles. The first-order chi connectivity index (χ1) is 13.0. The van der Waals surface area contributed by atoms with E-state index in [0.717, 1.165) is 53.5 Å². The highest BCUT2D eigenvalue weighted by Gasteiger charge is 2.33. The van der Waals surface area contributed by atoms with Crippen LogP contribution in [0.15, 0.2) is 23.4 Å². The summed E-state index contributed by atoms with van der Waals surface area (Å²) in [5.74, 6) is 6.33. The Morgan fingerprint density at radius 2 is 2.04 bits per heavy atom. The van der Waals surface area contributed by atoms with E-state index in [1.807, 2.05) is 19.1 Å². The van der Waals surface area contributed by atoms with Gasteiger partial charge in [0, 0.05) is 25.2 Å². The molecule has 0 bridgehead atoms. The molecule has 1 aromatic carbocycles. The molecule has 0 amide bonds. The highest BCUT2D eigenvalue weighted by atomic mass is 32.2. The zero-order valence-corrected chi connectivity index (χ0v) is 16.6. The number of aryl methyl sites for hydroxylation is 1. The van der Waals surface area contributed by atoms with Gasteiger partial charge in [-0.1, -0.05) is 5.16 Å². The van der Waals surface area contributed by atoms with Crippen LogP contribution in [0, 0.1) is 0 Å². The van der Waals surface area contributed by atoms with Crippen LogP contribution in [-0.2, 0) is 21.5 Å². The minimum Gasteiger partial charge on any atom is -0.494 e. The van der Waals surface area contributed by atoms with Crippen LogP contribution in [0.5, 0.6) is 5.75 Å². The van der Waals surface area contributed by atoms with Crippen LogP contribution in [-0.4, -0.2) is 55.7 Å². The number of hydrogen-bond acceptors (Lipinski definition) is 6. The standard InChI is InChI=1S/C18H28N4O4S/c1-2-26-20-18-9-6-15-14-16(7-8-17(15)18)25-13-5-3-4-10-21-11-12-22(19)27(21,23)24/h7-8,14H,2-6,9-13,19H2,1H3/b20-18+. The second-order valence-corrected chi connectivity index (χ2v) is 8.58. The van der Waals surface area contributed by atoms with Gasteiger partial charge in [-0.15, -0.1) is 4.41 Å². The molecule has 1 fully saturated rings. The van der Waals surface area contributed by atoms with Crippen molar-refractivity contribution in [3.8, 4) is 5.75 Å². The topological polar surface area (TPSA) is 97.5 Å². The average Bonchev–Trinajstić information content (AvgIpc) is 3.17. The minimum absolute atomic E-state index is 0.362. The van der Waals surface area contributed by atoms with Crippen molar-refractivity contribution in [3.05, 3.63) is 29.3 Å². The number of rotatable bonds is 9. The first kappa shape index (κ1) is 20.1. The summed E-state index contributed by atoms with van der Waals surface area (Å²) in [4.78, 5) is 5.17. The van der Waals surface area contributed by atoms with Crippen LogP contribution in [0.4, 0.5) is 0 Å². The van der Waals surface area contributed by atoms with Gasteiger partial charge in [0.2, 0.25) is 0 Å². The number of hydrazine groups is 1. The summed E-state index contributed by atoms with van der Waals surface area (Å²) in [7, 11) is -3.42. The maximum absolute atomic E-state index is 11.9. The van der Waals surface area contributed by atoms with E-state index in [9.17, 15) is 8.42 Å². The fourth-order valence-corrected chi connectivity index (χ4v) is 4.63. The first-order valence-corrected chi connectivity index (χ1v) is 10.9. The molecule has 27 heavy (non-hydrogen) atoms. The lowest BCUT2D eigenvalue weighted by molar-refractivity contribution is 0.158. The zero-order valence-electron chi connectivity index (χ0n) is 15.8. The quantitative estimate of drug-likeness (QED) is 0.389. The molecule has 1 saturated heterocycles. The lowest BCUT2D eigenvalue weighted by atomic mass is 10.1. The fourth-order valence-electron chi connectivity index (χ4n) is 3.35. The van der Waals surface area contributed by atoms with Gasteiger partial charge in [-0.05, 0) is 62.8 Å². The van der Waals surface area contributed by atoms with Gasteiger partial charge in [0.15, 0.2) is 0 Å². The Hall–Kier alpha value is -1.68. The summed E-state index contributed by atoms with van der Waals surface area (Å²) in [6.07, 6.45) is 4.46. The van der Waals surface area contributed by atoms with E-state index in [2.05, 4.69) is 11.2 Å². The molecule has 1 aromatic rings. The summed E-state index contributed by atoms with van der Waals surface area (Å²) < 4.78 is 31.9. The third-order valence-electron chi connectivity index (χ3n) is 4.84. The molecule has 9 heteroatoms. The van der Waals surface area contributed by atoms with Crippen LogP contribution in [0.25, 0.3) is 0 Å². The second-order valence-electron chi connectivity index (χ2n) is 6.70. The molecule has 150 valence electrons. The summed E-state index contributed by atoms with van der Waals surface area (Å²) in [6, 6.07) is 6.10. The van der Waals surface area contributed by atoms with E-state index in [1.165, 1.54) is 9.87 Å². The summed E-state index contributed by atoms with van der Waals surface area (Å²) in [5.41, 5.74) is 3.40. The predicted octanol–water partition coefficient (Wildman–Crippen LogP) is 1.66. The maximum atomic E-state index is 11.9. The molecule has 2 N–H and O–H groups in total. The SMILES string of the molecule is CCO/N=C1\CCc2cc(OCCCCCN3CCN(N)S3(=O)=O)ccc21. The van der Waals surface area contributed by atoms with Gasteiger partial charge >= 0.3 is 0 Å². The molecule has 0 aromatic heterocycles. The van der Waals surface area contributed by atoms with Crippen molar-refractivity contribution >= 4 is 15.9 Å². The van der Waals surface area contributed by atoms with E-state index >= 15 is 0 Å². The number of fused-ring (bicyclic) bond motifs is 1. The Morgan fingerprint density at radius 1 is 1.19 bits per heavy atom. The van der Waals surface area contributed by atoms with Crippen molar-refractivity contribution in [1.29, 1.82) is 0 Å². The number of nitrogens with zero attached hydrogens (tertiary/aromatic N) is 3. The number of oxime groups is 1. The Kier molecular flexibility index (Phi) is 6.69. The summed E-state index contributed by atoms with van der Waals surface area (Å²) >= 11 is 0. The van der Waals surface area contributed by atoms with Crippen LogP contribution in [0.2, 0.25) is 0 Å². The smallest absolute Gasteiger partial charge is 0.294 e. The molecule has 8 nitrogen and oxygen atoms in total. The molecule has 0 unspecified atom stereocenters. The van der Waals surface area contributed by atoms with E-state index in [4.69, 9.17) is 15.4 Å². The van der Waals surface area contributed by atoms with Crippen molar-refractivity contribution < 1.29 is 18.0 Å². The van der Waals surface area contributed by atoms with Crippen LogP contribution in [0.3, 0.4) is 0 Å². The number of benzene rings is 1. The summed E-state index contributed by atoms with van der Waals surface area (Å²) in [5, 5.41) is 4.17.